The lowest BCUT2D eigenvalue weighted by Crippen LogP contribution is -1.97. The zero-order valence-electron chi connectivity index (χ0n) is 10.2. The Morgan fingerprint density at radius 1 is 1.06 bits per heavy atom. The van der Waals surface area contributed by atoms with Crippen molar-refractivity contribution in [3.8, 4) is 0 Å². The van der Waals surface area contributed by atoms with Crippen LogP contribution in [0.4, 0.5) is 4.39 Å². The van der Waals surface area contributed by atoms with Crippen molar-refractivity contribution >= 4 is 10.9 Å². The lowest BCUT2D eigenvalue weighted by atomic mass is 10.2. The Kier molecular flexibility index (Phi) is 2.63. The van der Waals surface area contributed by atoms with E-state index in [1.54, 1.807) is 6.07 Å². The molecule has 18 heavy (non-hydrogen) atoms. The van der Waals surface area contributed by atoms with Gasteiger partial charge in [0.15, 0.2) is 0 Å². The van der Waals surface area contributed by atoms with Crippen LogP contribution >= 0.6 is 0 Å². The number of rotatable bonds is 2. The highest BCUT2D eigenvalue weighted by Gasteiger charge is 2.06. The first kappa shape index (κ1) is 11.0. The summed E-state index contributed by atoms with van der Waals surface area (Å²) in [5.41, 5.74) is 3.44. The molecule has 1 nitrogen and oxygen atoms in total. The van der Waals surface area contributed by atoms with Crippen LogP contribution in [-0.2, 0) is 6.54 Å². The average molecular weight is 239 g/mol. The van der Waals surface area contributed by atoms with E-state index in [1.165, 1.54) is 11.6 Å². The summed E-state index contributed by atoms with van der Waals surface area (Å²) in [5.74, 6) is -0.178. The van der Waals surface area contributed by atoms with Gasteiger partial charge in [-0.2, -0.15) is 0 Å². The molecule has 3 aromatic rings. The predicted octanol–water partition coefficient (Wildman–Crippen LogP) is 4.14. The molecule has 0 saturated carbocycles. The summed E-state index contributed by atoms with van der Waals surface area (Å²) in [5, 5.41) is 0.992. The highest BCUT2D eigenvalue weighted by atomic mass is 19.1. The smallest absolute Gasteiger partial charge is 0.123 e. The molecule has 90 valence electrons. The summed E-state index contributed by atoms with van der Waals surface area (Å²) in [4.78, 5) is 0. The summed E-state index contributed by atoms with van der Waals surface area (Å²) in [6.45, 7) is 2.83. The van der Waals surface area contributed by atoms with Crippen molar-refractivity contribution in [1.29, 1.82) is 0 Å². The third kappa shape index (κ3) is 1.90. The molecule has 0 saturated heterocycles. The summed E-state index contributed by atoms with van der Waals surface area (Å²) in [7, 11) is 0. The quantitative estimate of drug-likeness (QED) is 0.633. The Labute approximate surface area is 105 Å². The summed E-state index contributed by atoms with van der Waals surface area (Å²) in [6, 6.07) is 15.3. The Bertz CT molecular complexity index is 683. The third-order valence-electron chi connectivity index (χ3n) is 3.24. The maximum absolute atomic E-state index is 13.2. The third-order valence-corrected chi connectivity index (χ3v) is 3.24. The van der Waals surface area contributed by atoms with Gasteiger partial charge in [-0.25, -0.2) is 4.39 Å². The van der Waals surface area contributed by atoms with Gasteiger partial charge in [-0.3, -0.25) is 0 Å². The molecule has 0 spiro atoms. The van der Waals surface area contributed by atoms with E-state index in [-0.39, 0.29) is 5.82 Å². The molecule has 0 unspecified atom stereocenters. The summed E-state index contributed by atoms with van der Waals surface area (Å²) < 4.78 is 15.4. The average Bonchev–Trinajstić information content (AvgIpc) is 2.67. The van der Waals surface area contributed by atoms with Gasteiger partial charge in [0, 0.05) is 23.6 Å². The lowest BCUT2D eigenvalue weighted by Gasteiger charge is -2.05. The summed E-state index contributed by atoms with van der Waals surface area (Å²) >= 11 is 0. The van der Waals surface area contributed by atoms with Crippen molar-refractivity contribution in [3.05, 3.63) is 71.7 Å². The minimum absolute atomic E-state index is 0.178. The number of benzene rings is 2. The van der Waals surface area contributed by atoms with E-state index in [0.29, 0.717) is 0 Å². The molecular weight excluding hydrogens is 225 g/mol. The van der Waals surface area contributed by atoms with E-state index in [9.17, 15) is 4.39 Å². The zero-order valence-corrected chi connectivity index (χ0v) is 10.2. The van der Waals surface area contributed by atoms with Crippen LogP contribution < -0.4 is 0 Å². The molecule has 2 heteroatoms. The highest BCUT2D eigenvalue weighted by molar-refractivity contribution is 5.83. The first-order valence-corrected chi connectivity index (χ1v) is 6.03. The molecule has 0 aliphatic rings. The SMILES string of the molecule is Cc1cn(Cc2ccccc2)c2ccc(F)cc12. The van der Waals surface area contributed by atoms with Gasteiger partial charge in [0.1, 0.15) is 5.82 Å². The van der Waals surface area contributed by atoms with Crippen LogP contribution in [0.1, 0.15) is 11.1 Å². The molecule has 0 atom stereocenters. The molecule has 1 aromatic heterocycles. The first-order valence-electron chi connectivity index (χ1n) is 6.03. The molecule has 0 radical (unpaired) electrons. The van der Waals surface area contributed by atoms with Crippen molar-refractivity contribution in [2.24, 2.45) is 0 Å². The van der Waals surface area contributed by atoms with Crippen LogP contribution in [-0.4, -0.2) is 4.57 Å². The van der Waals surface area contributed by atoms with Crippen molar-refractivity contribution in [2.75, 3.05) is 0 Å². The fraction of sp³-hybridized carbons (Fsp3) is 0.125. The molecule has 1 heterocycles. The van der Waals surface area contributed by atoms with E-state index in [2.05, 4.69) is 22.9 Å². The Morgan fingerprint density at radius 3 is 2.61 bits per heavy atom. The number of hydrogen-bond acceptors (Lipinski definition) is 0. The molecule has 3 rings (SSSR count). The van der Waals surface area contributed by atoms with Gasteiger partial charge in [-0.15, -0.1) is 0 Å². The minimum atomic E-state index is -0.178. The molecule has 0 aliphatic carbocycles. The van der Waals surface area contributed by atoms with Gasteiger partial charge < -0.3 is 4.57 Å². The molecular formula is C16H14FN. The Morgan fingerprint density at radius 2 is 1.83 bits per heavy atom. The van der Waals surface area contributed by atoms with Crippen molar-refractivity contribution in [3.63, 3.8) is 0 Å². The monoisotopic (exact) mass is 239 g/mol. The fourth-order valence-electron chi connectivity index (χ4n) is 2.36. The largest absolute Gasteiger partial charge is 0.343 e. The topological polar surface area (TPSA) is 4.93 Å². The minimum Gasteiger partial charge on any atom is -0.343 e. The van der Waals surface area contributed by atoms with Gasteiger partial charge in [0.2, 0.25) is 0 Å². The molecule has 0 N–H and O–H groups in total. The number of hydrogen-bond donors (Lipinski definition) is 0. The number of nitrogens with zero attached hydrogens (tertiary/aromatic N) is 1. The molecule has 0 fully saturated rings. The summed E-state index contributed by atoms with van der Waals surface area (Å²) in [6.07, 6.45) is 2.08. The maximum atomic E-state index is 13.2. The van der Waals surface area contributed by atoms with Crippen molar-refractivity contribution in [1.82, 2.24) is 4.57 Å². The van der Waals surface area contributed by atoms with Crippen molar-refractivity contribution < 1.29 is 4.39 Å². The van der Waals surface area contributed by atoms with Crippen LogP contribution in [0.3, 0.4) is 0 Å². The van der Waals surface area contributed by atoms with Crippen molar-refractivity contribution in [2.45, 2.75) is 13.5 Å². The molecule has 2 aromatic carbocycles. The predicted molar refractivity (Wildman–Crippen MR) is 72.2 cm³/mol. The first-order chi connectivity index (χ1) is 8.74. The van der Waals surface area contributed by atoms with Gasteiger partial charge in [0.25, 0.3) is 0 Å². The van der Waals surface area contributed by atoms with Gasteiger partial charge in [-0.1, -0.05) is 30.3 Å². The van der Waals surface area contributed by atoms with Gasteiger partial charge >= 0.3 is 0 Å². The van der Waals surface area contributed by atoms with E-state index >= 15 is 0 Å². The Balaban J connectivity index is 2.08. The van der Waals surface area contributed by atoms with E-state index in [1.807, 2.05) is 31.2 Å². The second kappa shape index (κ2) is 4.30. The normalized spacial score (nSPS) is 11.0. The van der Waals surface area contributed by atoms with Crippen LogP contribution in [0.25, 0.3) is 10.9 Å². The number of aromatic nitrogens is 1. The standard InChI is InChI=1S/C16H14FN/c1-12-10-18(11-13-5-3-2-4-6-13)16-8-7-14(17)9-15(12)16/h2-10H,11H2,1H3. The van der Waals surface area contributed by atoms with E-state index in [0.717, 1.165) is 23.0 Å². The fourth-order valence-corrected chi connectivity index (χ4v) is 2.36. The number of halogens is 1. The van der Waals surface area contributed by atoms with E-state index in [4.69, 9.17) is 0 Å². The second-order valence-corrected chi connectivity index (χ2v) is 4.59. The number of aryl methyl sites for hydroxylation is 1. The van der Waals surface area contributed by atoms with E-state index < -0.39 is 0 Å². The van der Waals surface area contributed by atoms with Gasteiger partial charge in [-0.05, 0) is 36.2 Å². The number of fused-ring (bicyclic) bond motifs is 1. The van der Waals surface area contributed by atoms with Gasteiger partial charge in [0.05, 0.1) is 0 Å². The van der Waals surface area contributed by atoms with Crippen LogP contribution in [0, 0.1) is 12.7 Å². The maximum Gasteiger partial charge on any atom is 0.123 e. The highest BCUT2D eigenvalue weighted by Crippen LogP contribution is 2.22. The zero-order chi connectivity index (χ0) is 12.5. The molecule has 0 aliphatic heterocycles. The van der Waals surface area contributed by atoms with Crippen LogP contribution in [0.5, 0.6) is 0 Å². The van der Waals surface area contributed by atoms with Crippen LogP contribution in [0.15, 0.2) is 54.7 Å². The molecule has 0 amide bonds. The second-order valence-electron chi connectivity index (χ2n) is 4.59. The lowest BCUT2D eigenvalue weighted by molar-refractivity contribution is 0.629. The van der Waals surface area contributed by atoms with Crippen LogP contribution in [0.2, 0.25) is 0 Å². The Hall–Kier alpha value is -2.09. The molecule has 0 bridgehead atoms.